The van der Waals surface area contributed by atoms with E-state index in [1.807, 2.05) is 0 Å². The molecule has 0 bridgehead atoms. The van der Waals surface area contributed by atoms with Crippen molar-refractivity contribution in [2.45, 2.75) is 37.8 Å². The fraction of sp³-hybridized carbons (Fsp3) is 0.667. The van der Waals surface area contributed by atoms with Crippen molar-refractivity contribution in [2.24, 2.45) is 0 Å². The molecule has 2 aliphatic rings. The molecule has 0 N–H and O–H groups in total. The molecule has 3 rings (SSSR count). The predicted octanol–water partition coefficient (Wildman–Crippen LogP) is 2.28. The smallest absolute Gasteiger partial charge is 0.225 e. The van der Waals surface area contributed by atoms with Crippen LogP contribution in [0.2, 0.25) is 5.02 Å². The minimum Gasteiger partial charge on any atom is -0.374 e. The molecule has 0 amide bonds. The Labute approximate surface area is 106 Å². The second-order valence-electron chi connectivity index (χ2n) is 4.66. The topological polar surface area (TPSA) is 38.2 Å². The van der Waals surface area contributed by atoms with Crippen LogP contribution in [0.3, 0.4) is 0 Å². The average Bonchev–Trinajstić information content (AvgIpc) is 2.39. The summed E-state index contributed by atoms with van der Waals surface area (Å²) in [6, 6.07) is 0.443. The van der Waals surface area contributed by atoms with E-state index in [4.69, 9.17) is 16.3 Å². The molecule has 0 aromatic carbocycles. The van der Waals surface area contributed by atoms with Gasteiger partial charge in [-0.15, -0.1) is 0 Å². The summed E-state index contributed by atoms with van der Waals surface area (Å²) < 4.78 is 5.83. The number of fused-ring (bicyclic) bond motifs is 1. The van der Waals surface area contributed by atoms with Crippen LogP contribution in [0.15, 0.2) is 12.4 Å². The quantitative estimate of drug-likeness (QED) is 0.770. The van der Waals surface area contributed by atoms with Gasteiger partial charge in [0.25, 0.3) is 0 Å². The Morgan fingerprint density at radius 3 is 2.82 bits per heavy atom. The number of nitrogens with zero attached hydrogens (tertiary/aromatic N) is 3. The third-order valence-electron chi connectivity index (χ3n) is 3.60. The van der Waals surface area contributed by atoms with Crippen molar-refractivity contribution in [1.29, 1.82) is 0 Å². The summed E-state index contributed by atoms with van der Waals surface area (Å²) in [5, 5.41) is 0.585. The molecule has 1 aromatic heterocycles. The molecule has 4 nitrogen and oxygen atoms in total. The zero-order valence-electron chi connectivity index (χ0n) is 9.68. The molecule has 1 aliphatic carbocycles. The molecule has 1 aliphatic heterocycles. The van der Waals surface area contributed by atoms with Gasteiger partial charge in [-0.25, -0.2) is 9.97 Å². The number of ether oxygens (including phenoxy) is 1. The highest BCUT2D eigenvalue weighted by Crippen LogP contribution is 2.30. The van der Waals surface area contributed by atoms with Crippen LogP contribution in [0.5, 0.6) is 0 Å². The molecule has 1 saturated carbocycles. The Hall–Kier alpha value is -0.870. The van der Waals surface area contributed by atoms with E-state index in [0.29, 0.717) is 17.2 Å². The number of hydrogen-bond acceptors (Lipinski definition) is 4. The van der Waals surface area contributed by atoms with Crippen molar-refractivity contribution in [3.05, 3.63) is 17.4 Å². The Kier molecular flexibility index (Phi) is 3.16. The van der Waals surface area contributed by atoms with E-state index in [9.17, 15) is 0 Å². The highest BCUT2D eigenvalue weighted by atomic mass is 35.5. The lowest BCUT2D eigenvalue weighted by Gasteiger charge is -2.43. The first-order valence-corrected chi connectivity index (χ1v) is 6.58. The lowest BCUT2D eigenvalue weighted by atomic mass is 9.90. The molecule has 17 heavy (non-hydrogen) atoms. The van der Waals surface area contributed by atoms with Crippen molar-refractivity contribution in [2.75, 3.05) is 18.1 Å². The van der Waals surface area contributed by atoms with E-state index in [2.05, 4.69) is 14.9 Å². The van der Waals surface area contributed by atoms with Crippen LogP contribution < -0.4 is 4.90 Å². The van der Waals surface area contributed by atoms with Crippen LogP contribution in [0.25, 0.3) is 0 Å². The molecule has 5 heteroatoms. The van der Waals surface area contributed by atoms with E-state index >= 15 is 0 Å². The van der Waals surface area contributed by atoms with Gasteiger partial charge in [0, 0.05) is 6.54 Å². The molecule has 0 unspecified atom stereocenters. The van der Waals surface area contributed by atoms with Crippen molar-refractivity contribution in [3.63, 3.8) is 0 Å². The number of aromatic nitrogens is 2. The van der Waals surface area contributed by atoms with Crippen molar-refractivity contribution >= 4 is 17.5 Å². The number of morpholine rings is 1. The van der Waals surface area contributed by atoms with E-state index in [1.165, 1.54) is 19.3 Å². The minimum absolute atomic E-state index is 0.358. The Balaban J connectivity index is 1.83. The standard InChI is InChI=1S/C12H16ClN3O/c13-9-7-14-12(15-8-9)16-5-6-17-11-4-2-1-3-10(11)16/h7-8,10-11H,1-6H2/t10-,11-/m0/s1. The molecule has 1 aromatic rings. The monoisotopic (exact) mass is 253 g/mol. The second kappa shape index (κ2) is 4.78. The summed E-state index contributed by atoms with van der Waals surface area (Å²) in [7, 11) is 0. The van der Waals surface area contributed by atoms with Gasteiger partial charge < -0.3 is 9.64 Å². The van der Waals surface area contributed by atoms with Crippen LogP contribution >= 0.6 is 11.6 Å². The first kappa shape index (κ1) is 11.2. The normalized spacial score (nSPS) is 28.9. The highest BCUT2D eigenvalue weighted by molar-refractivity contribution is 6.30. The van der Waals surface area contributed by atoms with Gasteiger partial charge in [0.05, 0.1) is 36.2 Å². The van der Waals surface area contributed by atoms with Gasteiger partial charge in [0.15, 0.2) is 0 Å². The van der Waals surface area contributed by atoms with Gasteiger partial charge in [-0.3, -0.25) is 0 Å². The van der Waals surface area contributed by atoms with Crippen LogP contribution in [-0.2, 0) is 4.74 Å². The number of hydrogen-bond donors (Lipinski definition) is 0. The second-order valence-corrected chi connectivity index (χ2v) is 5.09. The molecule has 1 saturated heterocycles. The van der Waals surface area contributed by atoms with Crippen LogP contribution in [0.4, 0.5) is 5.95 Å². The third-order valence-corrected chi connectivity index (χ3v) is 3.79. The van der Waals surface area contributed by atoms with Gasteiger partial charge in [-0.05, 0) is 12.8 Å². The minimum atomic E-state index is 0.358. The van der Waals surface area contributed by atoms with E-state index in [1.54, 1.807) is 12.4 Å². The molecule has 2 heterocycles. The molecule has 0 radical (unpaired) electrons. The van der Waals surface area contributed by atoms with E-state index < -0.39 is 0 Å². The fourth-order valence-corrected chi connectivity index (χ4v) is 2.90. The van der Waals surface area contributed by atoms with Crippen molar-refractivity contribution < 1.29 is 4.74 Å². The Bertz CT molecular complexity index is 382. The van der Waals surface area contributed by atoms with Gasteiger partial charge in [-0.2, -0.15) is 0 Å². The molecule has 92 valence electrons. The fourth-order valence-electron chi connectivity index (χ4n) is 2.80. The highest BCUT2D eigenvalue weighted by Gasteiger charge is 2.35. The lowest BCUT2D eigenvalue weighted by molar-refractivity contribution is -0.00932. The molecular weight excluding hydrogens is 238 g/mol. The first-order valence-electron chi connectivity index (χ1n) is 6.20. The molecular formula is C12H16ClN3O. The Morgan fingerprint density at radius 2 is 2.00 bits per heavy atom. The van der Waals surface area contributed by atoms with Crippen LogP contribution in [0.1, 0.15) is 25.7 Å². The summed E-state index contributed by atoms with van der Waals surface area (Å²) in [5.74, 6) is 0.787. The number of halogens is 1. The lowest BCUT2D eigenvalue weighted by Crippen LogP contribution is -2.53. The van der Waals surface area contributed by atoms with Gasteiger partial charge in [-0.1, -0.05) is 24.4 Å². The number of anilines is 1. The van der Waals surface area contributed by atoms with Crippen LogP contribution in [-0.4, -0.2) is 35.3 Å². The van der Waals surface area contributed by atoms with Gasteiger partial charge >= 0.3 is 0 Å². The van der Waals surface area contributed by atoms with Gasteiger partial charge in [0.2, 0.25) is 5.95 Å². The summed E-state index contributed by atoms with van der Waals surface area (Å²) in [4.78, 5) is 10.9. The molecule has 2 fully saturated rings. The first-order chi connectivity index (χ1) is 8.34. The third kappa shape index (κ3) is 2.24. The zero-order chi connectivity index (χ0) is 11.7. The maximum Gasteiger partial charge on any atom is 0.225 e. The summed E-state index contributed by atoms with van der Waals surface area (Å²) in [6.07, 6.45) is 8.57. The largest absolute Gasteiger partial charge is 0.374 e. The maximum absolute atomic E-state index is 5.83. The molecule has 2 atom stereocenters. The molecule has 0 spiro atoms. The number of rotatable bonds is 1. The van der Waals surface area contributed by atoms with Crippen LogP contribution in [0, 0.1) is 0 Å². The van der Waals surface area contributed by atoms with Crippen molar-refractivity contribution in [1.82, 2.24) is 9.97 Å². The summed E-state index contributed by atoms with van der Waals surface area (Å²) >= 11 is 5.82. The van der Waals surface area contributed by atoms with Crippen molar-refractivity contribution in [3.8, 4) is 0 Å². The van der Waals surface area contributed by atoms with Gasteiger partial charge in [0.1, 0.15) is 0 Å². The Morgan fingerprint density at radius 1 is 1.24 bits per heavy atom. The maximum atomic E-state index is 5.83. The SMILES string of the molecule is Clc1cnc(N2CCO[C@H]3CCCC[C@@H]32)nc1. The zero-order valence-corrected chi connectivity index (χ0v) is 10.4. The summed E-state index contributed by atoms with van der Waals surface area (Å²) in [6.45, 7) is 1.65. The predicted molar refractivity (Wildman–Crippen MR) is 66.4 cm³/mol. The summed E-state index contributed by atoms with van der Waals surface area (Å²) in [5.41, 5.74) is 0. The van der Waals surface area contributed by atoms with E-state index in [0.717, 1.165) is 25.5 Å². The average molecular weight is 254 g/mol. The van der Waals surface area contributed by atoms with E-state index in [-0.39, 0.29) is 0 Å².